The summed E-state index contributed by atoms with van der Waals surface area (Å²) in [4.78, 5) is 30.1. The van der Waals surface area contributed by atoms with E-state index in [0.717, 1.165) is 58.1 Å². The standard InChI is InChI=1S/C36H36BrClFN3O4S/c37-28-18-16-27(17-19-28)24-41(34(22-26-10-4-1-5-11-26)36(44)40-29-12-6-2-7-13-29)35(43)25-42(30-20-21-33(39)32(38)23-30)47(45,46)31-14-8-3-9-15-31/h1,3-5,8-11,14-21,23,29,34H,2,6-7,12-13,22,24-25H2,(H,40,44)/t34-/m1/s1. The summed E-state index contributed by atoms with van der Waals surface area (Å²) in [6, 6.07) is 27.1. The lowest BCUT2D eigenvalue weighted by molar-refractivity contribution is -0.140. The van der Waals surface area contributed by atoms with Crippen LogP contribution in [0.4, 0.5) is 10.1 Å². The maximum Gasteiger partial charge on any atom is 0.264 e. The number of amides is 2. The molecule has 0 heterocycles. The number of carbonyl (C=O) groups is 2. The fourth-order valence-electron chi connectivity index (χ4n) is 5.77. The molecule has 0 aliphatic heterocycles. The van der Waals surface area contributed by atoms with Crippen molar-refractivity contribution in [3.8, 4) is 0 Å². The predicted octanol–water partition coefficient (Wildman–Crippen LogP) is 7.53. The first-order chi connectivity index (χ1) is 22.6. The second-order valence-corrected chi connectivity index (χ2v) is 14.8. The average molecular weight is 741 g/mol. The first-order valence-electron chi connectivity index (χ1n) is 15.5. The van der Waals surface area contributed by atoms with Crippen molar-refractivity contribution < 1.29 is 22.4 Å². The zero-order valence-corrected chi connectivity index (χ0v) is 28.9. The molecule has 1 aliphatic rings. The summed E-state index contributed by atoms with van der Waals surface area (Å²) in [5.74, 6) is -1.63. The molecule has 0 spiro atoms. The molecule has 0 aromatic heterocycles. The van der Waals surface area contributed by atoms with E-state index in [1.54, 1.807) is 18.2 Å². The summed E-state index contributed by atoms with van der Waals surface area (Å²) >= 11 is 9.55. The number of nitrogens with one attached hydrogen (secondary N) is 1. The molecule has 4 aromatic carbocycles. The largest absolute Gasteiger partial charge is 0.352 e. The Kier molecular flexibility index (Phi) is 11.7. The number of nitrogens with zero attached hydrogens (tertiary/aromatic N) is 2. The molecule has 11 heteroatoms. The highest BCUT2D eigenvalue weighted by Crippen LogP contribution is 2.29. The molecular formula is C36H36BrClFN3O4S. The van der Waals surface area contributed by atoms with Gasteiger partial charge < -0.3 is 10.2 Å². The number of halogens is 3. The Morgan fingerprint density at radius 1 is 0.872 bits per heavy atom. The van der Waals surface area contributed by atoms with Gasteiger partial charge in [-0.05, 0) is 66.4 Å². The first-order valence-corrected chi connectivity index (χ1v) is 18.1. The van der Waals surface area contributed by atoms with Crippen molar-refractivity contribution in [1.29, 1.82) is 0 Å². The molecule has 1 fully saturated rings. The third-order valence-corrected chi connectivity index (χ3v) is 10.9. The van der Waals surface area contributed by atoms with Crippen LogP contribution in [0.3, 0.4) is 0 Å². The molecule has 7 nitrogen and oxygen atoms in total. The van der Waals surface area contributed by atoms with Crippen LogP contribution in [-0.4, -0.2) is 43.8 Å². The molecule has 1 N–H and O–H groups in total. The Balaban J connectivity index is 1.56. The van der Waals surface area contributed by atoms with Gasteiger partial charge in [-0.2, -0.15) is 0 Å². The highest BCUT2D eigenvalue weighted by molar-refractivity contribution is 9.10. The number of rotatable bonds is 12. The number of sulfonamides is 1. The van der Waals surface area contributed by atoms with Crippen LogP contribution in [0.1, 0.15) is 43.2 Å². The van der Waals surface area contributed by atoms with Gasteiger partial charge in [-0.3, -0.25) is 13.9 Å². The van der Waals surface area contributed by atoms with E-state index in [1.807, 2.05) is 54.6 Å². The maximum absolute atomic E-state index is 14.6. The minimum absolute atomic E-state index is 0.00419. The number of benzene rings is 4. The lowest BCUT2D eigenvalue weighted by Crippen LogP contribution is -2.55. The van der Waals surface area contributed by atoms with E-state index in [-0.39, 0.29) is 40.5 Å². The third kappa shape index (κ3) is 9.00. The van der Waals surface area contributed by atoms with E-state index in [1.165, 1.54) is 29.2 Å². The average Bonchev–Trinajstić information content (AvgIpc) is 3.08. The monoisotopic (exact) mass is 739 g/mol. The summed E-state index contributed by atoms with van der Waals surface area (Å²) in [6.45, 7) is -0.608. The van der Waals surface area contributed by atoms with Crippen molar-refractivity contribution in [2.24, 2.45) is 0 Å². The van der Waals surface area contributed by atoms with Crippen LogP contribution < -0.4 is 9.62 Å². The molecule has 47 heavy (non-hydrogen) atoms. The van der Waals surface area contributed by atoms with Crippen molar-refractivity contribution in [2.75, 3.05) is 10.8 Å². The van der Waals surface area contributed by atoms with Gasteiger partial charge in [0.15, 0.2) is 0 Å². The zero-order valence-electron chi connectivity index (χ0n) is 25.7. The fraction of sp³-hybridized carbons (Fsp3) is 0.278. The van der Waals surface area contributed by atoms with Gasteiger partial charge in [0.1, 0.15) is 18.4 Å². The Hall–Kier alpha value is -3.73. The molecule has 1 aliphatic carbocycles. The van der Waals surface area contributed by atoms with Crippen molar-refractivity contribution >= 4 is 55.1 Å². The minimum atomic E-state index is -4.32. The number of anilines is 1. The lowest BCUT2D eigenvalue weighted by atomic mass is 9.94. The van der Waals surface area contributed by atoms with Crippen molar-refractivity contribution in [3.05, 3.63) is 130 Å². The van der Waals surface area contributed by atoms with Gasteiger partial charge in [-0.25, -0.2) is 12.8 Å². The molecule has 5 rings (SSSR count). The zero-order chi connectivity index (χ0) is 33.4. The van der Waals surface area contributed by atoms with Crippen molar-refractivity contribution in [1.82, 2.24) is 10.2 Å². The number of hydrogen-bond donors (Lipinski definition) is 1. The molecule has 0 saturated heterocycles. The van der Waals surface area contributed by atoms with Gasteiger partial charge >= 0.3 is 0 Å². The molecule has 0 bridgehead atoms. The molecule has 1 saturated carbocycles. The van der Waals surface area contributed by atoms with Gasteiger partial charge in [-0.15, -0.1) is 0 Å². The molecule has 0 radical (unpaired) electrons. The van der Waals surface area contributed by atoms with Gasteiger partial charge in [0.2, 0.25) is 11.8 Å². The van der Waals surface area contributed by atoms with E-state index in [9.17, 15) is 22.4 Å². The van der Waals surface area contributed by atoms with Crippen LogP contribution in [0.15, 0.2) is 112 Å². The Morgan fingerprint density at radius 2 is 1.51 bits per heavy atom. The van der Waals surface area contributed by atoms with E-state index in [0.29, 0.717) is 0 Å². The predicted molar refractivity (Wildman–Crippen MR) is 186 cm³/mol. The fourth-order valence-corrected chi connectivity index (χ4v) is 7.64. The van der Waals surface area contributed by atoms with E-state index in [2.05, 4.69) is 21.2 Å². The Bertz CT molecular complexity index is 1770. The Labute approximate surface area is 288 Å². The highest BCUT2D eigenvalue weighted by atomic mass is 79.9. The normalized spacial score (nSPS) is 14.3. The molecule has 0 unspecified atom stereocenters. The second-order valence-electron chi connectivity index (χ2n) is 11.6. The summed E-state index contributed by atoms with van der Waals surface area (Å²) in [6.07, 6.45) is 5.09. The molecule has 2 amide bonds. The van der Waals surface area contributed by atoms with E-state index in [4.69, 9.17) is 11.6 Å². The van der Waals surface area contributed by atoms with E-state index >= 15 is 0 Å². The Morgan fingerprint density at radius 3 is 2.15 bits per heavy atom. The third-order valence-electron chi connectivity index (χ3n) is 8.29. The topological polar surface area (TPSA) is 86.8 Å². The van der Waals surface area contributed by atoms with Crippen LogP contribution in [0.5, 0.6) is 0 Å². The van der Waals surface area contributed by atoms with Gasteiger partial charge in [0.25, 0.3) is 10.0 Å². The quantitative estimate of drug-likeness (QED) is 0.163. The van der Waals surface area contributed by atoms with Crippen LogP contribution >= 0.6 is 27.5 Å². The molecular weight excluding hydrogens is 705 g/mol. The smallest absolute Gasteiger partial charge is 0.264 e. The summed E-state index contributed by atoms with van der Waals surface area (Å²) in [7, 11) is -4.32. The molecule has 246 valence electrons. The van der Waals surface area contributed by atoms with Crippen LogP contribution in [0.25, 0.3) is 0 Å². The van der Waals surface area contributed by atoms with Gasteiger partial charge in [-0.1, -0.05) is 107 Å². The second kappa shape index (κ2) is 15.9. The van der Waals surface area contributed by atoms with Crippen molar-refractivity contribution in [2.45, 2.75) is 62.0 Å². The summed E-state index contributed by atoms with van der Waals surface area (Å²) in [5, 5.41) is 2.90. The maximum atomic E-state index is 14.6. The molecule has 1 atom stereocenters. The van der Waals surface area contributed by atoms with Crippen LogP contribution in [-0.2, 0) is 32.6 Å². The summed E-state index contributed by atoms with van der Waals surface area (Å²) in [5.41, 5.74) is 1.62. The minimum Gasteiger partial charge on any atom is -0.352 e. The van der Waals surface area contributed by atoms with E-state index < -0.39 is 34.3 Å². The molecule has 4 aromatic rings. The SMILES string of the molecule is O=C(NC1CCCCC1)[C@@H](Cc1ccccc1)N(Cc1ccc(Br)cc1)C(=O)CN(c1ccc(F)c(Cl)c1)S(=O)(=O)c1ccccc1. The van der Waals surface area contributed by atoms with Gasteiger partial charge in [0.05, 0.1) is 15.6 Å². The highest BCUT2D eigenvalue weighted by Gasteiger charge is 2.35. The number of hydrogen-bond acceptors (Lipinski definition) is 4. The van der Waals surface area contributed by atoms with Crippen LogP contribution in [0.2, 0.25) is 5.02 Å². The lowest BCUT2D eigenvalue weighted by Gasteiger charge is -2.35. The summed E-state index contributed by atoms with van der Waals surface area (Å²) < 4.78 is 44.1. The van der Waals surface area contributed by atoms with Crippen LogP contribution in [0, 0.1) is 5.82 Å². The van der Waals surface area contributed by atoms with Crippen molar-refractivity contribution in [3.63, 3.8) is 0 Å². The number of carbonyl (C=O) groups excluding carboxylic acids is 2. The van der Waals surface area contributed by atoms with Gasteiger partial charge in [0, 0.05) is 23.5 Å². The first kappa shape index (κ1) is 34.6.